The third-order valence-electron chi connectivity index (χ3n) is 3.43. The fourth-order valence-corrected chi connectivity index (χ4v) is 2.40. The average Bonchev–Trinajstić information content (AvgIpc) is 2.98. The summed E-state index contributed by atoms with van der Waals surface area (Å²) in [5.74, 6) is -0.171. The molecule has 0 saturated heterocycles. The molecule has 0 unspecified atom stereocenters. The summed E-state index contributed by atoms with van der Waals surface area (Å²) in [7, 11) is 0. The molecule has 0 bridgehead atoms. The fraction of sp³-hybridized carbons (Fsp3) is 0.278. The summed E-state index contributed by atoms with van der Waals surface area (Å²) in [4.78, 5) is 22.8. The second-order valence-electron chi connectivity index (χ2n) is 5.61. The van der Waals surface area contributed by atoms with Gasteiger partial charge in [0, 0.05) is 31.3 Å². The summed E-state index contributed by atoms with van der Waals surface area (Å²) in [6, 6.07) is 5.66. The molecule has 1 N–H and O–H groups in total. The van der Waals surface area contributed by atoms with Crippen molar-refractivity contribution in [1.82, 2.24) is 9.78 Å². The Labute approximate surface area is 150 Å². The quantitative estimate of drug-likeness (QED) is 0.567. The van der Waals surface area contributed by atoms with Crippen molar-refractivity contribution in [3.05, 3.63) is 52.9 Å². The van der Waals surface area contributed by atoms with E-state index in [0.717, 1.165) is 12.8 Å². The highest BCUT2D eigenvalue weighted by Crippen LogP contribution is 2.18. The summed E-state index contributed by atoms with van der Waals surface area (Å²) in [6.45, 7) is 2.26. The van der Waals surface area contributed by atoms with Gasteiger partial charge in [-0.2, -0.15) is 5.10 Å². The number of halogens is 2. The number of nitrogens with zero attached hydrogens (tertiary/aromatic N) is 2. The maximum absolute atomic E-state index is 13.0. The molecule has 0 aliphatic rings. The SMILES string of the molecule is CC(=O)CCCCn1ccc(NC(=O)/C=C/c2ccc(F)cc2Cl)n1. The Kier molecular flexibility index (Phi) is 6.89. The molecule has 5 nitrogen and oxygen atoms in total. The van der Waals surface area contributed by atoms with Crippen molar-refractivity contribution in [1.29, 1.82) is 0 Å². The molecule has 1 aromatic heterocycles. The van der Waals surface area contributed by atoms with E-state index in [1.54, 1.807) is 23.9 Å². The lowest BCUT2D eigenvalue weighted by atomic mass is 10.2. The lowest BCUT2D eigenvalue weighted by Gasteiger charge is -2.01. The Morgan fingerprint density at radius 2 is 2.12 bits per heavy atom. The number of aromatic nitrogens is 2. The van der Waals surface area contributed by atoms with Crippen molar-refractivity contribution in [3.63, 3.8) is 0 Å². The largest absolute Gasteiger partial charge is 0.306 e. The van der Waals surface area contributed by atoms with Gasteiger partial charge >= 0.3 is 0 Å². The summed E-state index contributed by atoms with van der Waals surface area (Å²) >= 11 is 5.90. The van der Waals surface area contributed by atoms with Gasteiger partial charge in [-0.15, -0.1) is 0 Å². The average molecular weight is 364 g/mol. The molecule has 1 heterocycles. The lowest BCUT2D eigenvalue weighted by molar-refractivity contribution is -0.117. The van der Waals surface area contributed by atoms with E-state index in [1.165, 1.54) is 30.4 Å². The lowest BCUT2D eigenvalue weighted by Crippen LogP contribution is -2.09. The molecule has 7 heteroatoms. The standard InChI is InChI=1S/C18H19ClFN3O2/c1-13(24)4-2-3-10-23-11-9-17(22-23)21-18(25)8-6-14-5-7-15(20)12-16(14)19/h5-9,11-12H,2-4,10H2,1H3,(H,21,22,25)/b8-6+. The van der Waals surface area contributed by atoms with Crippen molar-refractivity contribution in [2.75, 3.05) is 5.32 Å². The second-order valence-corrected chi connectivity index (χ2v) is 6.02. The summed E-state index contributed by atoms with van der Waals surface area (Å²) in [5, 5.41) is 7.12. The number of amides is 1. The number of carbonyl (C=O) groups is 2. The van der Waals surface area contributed by atoms with E-state index in [9.17, 15) is 14.0 Å². The normalized spacial score (nSPS) is 11.0. The first-order valence-corrected chi connectivity index (χ1v) is 8.29. The summed E-state index contributed by atoms with van der Waals surface area (Å²) in [6.07, 6.45) is 6.82. The summed E-state index contributed by atoms with van der Waals surface area (Å²) in [5.41, 5.74) is 0.550. The van der Waals surface area contributed by atoms with Crippen molar-refractivity contribution >= 4 is 35.2 Å². The van der Waals surface area contributed by atoms with Crippen molar-refractivity contribution in [3.8, 4) is 0 Å². The van der Waals surface area contributed by atoms with Gasteiger partial charge in [-0.05, 0) is 43.5 Å². The number of hydrogen-bond acceptors (Lipinski definition) is 3. The highest BCUT2D eigenvalue weighted by atomic mass is 35.5. The van der Waals surface area contributed by atoms with Crippen LogP contribution in [0.25, 0.3) is 6.08 Å². The zero-order valence-corrected chi connectivity index (χ0v) is 14.6. The molecular formula is C18H19ClFN3O2. The molecule has 0 aliphatic carbocycles. The van der Waals surface area contributed by atoms with Crippen molar-refractivity contribution < 1.29 is 14.0 Å². The molecule has 0 saturated carbocycles. The van der Waals surface area contributed by atoms with E-state index in [-0.39, 0.29) is 16.7 Å². The first kappa shape index (κ1) is 18.9. The van der Waals surface area contributed by atoms with E-state index in [4.69, 9.17) is 11.6 Å². The molecule has 0 aliphatic heterocycles. The zero-order valence-electron chi connectivity index (χ0n) is 13.8. The highest BCUT2D eigenvalue weighted by Gasteiger charge is 2.04. The number of carbonyl (C=O) groups excluding carboxylic acids is 2. The van der Waals surface area contributed by atoms with E-state index in [1.807, 2.05) is 0 Å². The van der Waals surface area contributed by atoms with Gasteiger partial charge in [0.15, 0.2) is 5.82 Å². The topological polar surface area (TPSA) is 64.0 Å². The molecule has 0 fully saturated rings. The Morgan fingerprint density at radius 3 is 2.84 bits per heavy atom. The molecule has 2 aromatic rings. The number of anilines is 1. The number of benzene rings is 1. The monoisotopic (exact) mass is 363 g/mol. The molecule has 0 radical (unpaired) electrons. The number of nitrogens with one attached hydrogen (secondary N) is 1. The van der Waals surface area contributed by atoms with E-state index in [0.29, 0.717) is 24.3 Å². The van der Waals surface area contributed by atoms with Gasteiger partial charge in [0.2, 0.25) is 5.91 Å². The van der Waals surface area contributed by atoms with Crippen LogP contribution in [0.3, 0.4) is 0 Å². The van der Waals surface area contributed by atoms with E-state index < -0.39 is 5.82 Å². The Balaban J connectivity index is 1.84. The fourth-order valence-electron chi connectivity index (χ4n) is 2.17. The minimum absolute atomic E-state index is 0.182. The van der Waals surface area contributed by atoms with Crippen LogP contribution in [0.5, 0.6) is 0 Å². The van der Waals surface area contributed by atoms with Crippen LogP contribution in [0.15, 0.2) is 36.5 Å². The smallest absolute Gasteiger partial charge is 0.249 e. The van der Waals surface area contributed by atoms with Crippen LogP contribution in [0.2, 0.25) is 5.02 Å². The maximum Gasteiger partial charge on any atom is 0.249 e. The van der Waals surface area contributed by atoms with E-state index in [2.05, 4.69) is 10.4 Å². The number of unbranched alkanes of at least 4 members (excludes halogenated alkanes) is 1. The molecule has 1 aromatic carbocycles. The van der Waals surface area contributed by atoms with Crippen molar-refractivity contribution in [2.45, 2.75) is 32.7 Å². The van der Waals surface area contributed by atoms with Gasteiger partial charge in [0.25, 0.3) is 0 Å². The van der Waals surface area contributed by atoms with Crippen molar-refractivity contribution in [2.24, 2.45) is 0 Å². The zero-order chi connectivity index (χ0) is 18.2. The van der Waals surface area contributed by atoms with Crippen LogP contribution >= 0.6 is 11.6 Å². The highest BCUT2D eigenvalue weighted by molar-refractivity contribution is 6.32. The minimum Gasteiger partial charge on any atom is -0.306 e. The number of Topliss-reactive ketones (excluding diaryl/α,β-unsaturated/α-hetero) is 1. The third-order valence-corrected chi connectivity index (χ3v) is 3.76. The van der Waals surface area contributed by atoms with E-state index >= 15 is 0 Å². The van der Waals surface area contributed by atoms with Crippen LogP contribution in [-0.4, -0.2) is 21.5 Å². The second kappa shape index (κ2) is 9.13. The van der Waals surface area contributed by atoms with Gasteiger partial charge in [-0.3, -0.25) is 9.48 Å². The number of aryl methyl sites for hydroxylation is 1. The number of ketones is 1. The molecule has 1 amide bonds. The van der Waals surface area contributed by atoms with Crippen LogP contribution in [0.4, 0.5) is 10.2 Å². The Bertz CT molecular complexity index is 786. The van der Waals surface area contributed by atoms with Gasteiger partial charge < -0.3 is 10.1 Å². The van der Waals surface area contributed by atoms with Crippen LogP contribution in [0.1, 0.15) is 31.7 Å². The van der Waals surface area contributed by atoms with Gasteiger partial charge in [-0.25, -0.2) is 4.39 Å². The third kappa shape index (κ3) is 6.51. The minimum atomic E-state index is -0.430. The van der Waals surface area contributed by atoms with Gasteiger partial charge in [-0.1, -0.05) is 17.7 Å². The first-order valence-electron chi connectivity index (χ1n) is 7.91. The van der Waals surface area contributed by atoms with Crippen LogP contribution in [-0.2, 0) is 16.1 Å². The molecule has 2 rings (SSSR count). The summed E-state index contributed by atoms with van der Waals surface area (Å²) < 4.78 is 14.7. The number of hydrogen-bond donors (Lipinski definition) is 1. The number of rotatable bonds is 8. The Morgan fingerprint density at radius 1 is 1.32 bits per heavy atom. The molecule has 0 atom stereocenters. The maximum atomic E-state index is 13.0. The van der Waals surface area contributed by atoms with Crippen LogP contribution in [0, 0.1) is 5.82 Å². The first-order chi connectivity index (χ1) is 11.9. The molecular weight excluding hydrogens is 345 g/mol. The molecule has 25 heavy (non-hydrogen) atoms. The van der Waals surface area contributed by atoms with Gasteiger partial charge in [0.05, 0.1) is 5.02 Å². The van der Waals surface area contributed by atoms with Crippen LogP contribution < -0.4 is 5.32 Å². The molecule has 0 spiro atoms. The van der Waals surface area contributed by atoms with Gasteiger partial charge in [0.1, 0.15) is 11.6 Å². The predicted octanol–water partition coefficient (Wildman–Crippen LogP) is 4.09. The Hall–Kier alpha value is -2.47. The molecule has 132 valence electrons. The predicted molar refractivity (Wildman–Crippen MR) is 95.8 cm³/mol.